The molecular formula is C23H33N7S. The zero-order valence-electron chi connectivity index (χ0n) is 18.5. The predicted octanol–water partition coefficient (Wildman–Crippen LogP) is 3.97. The molecule has 2 fully saturated rings. The summed E-state index contributed by atoms with van der Waals surface area (Å²) in [6.45, 7) is 8.35. The van der Waals surface area contributed by atoms with Crippen molar-refractivity contribution in [2.45, 2.75) is 58.5 Å². The van der Waals surface area contributed by atoms with Gasteiger partial charge in [-0.3, -0.25) is 4.98 Å². The van der Waals surface area contributed by atoms with Gasteiger partial charge < -0.3 is 20.4 Å². The number of piperidine rings is 2. The van der Waals surface area contributed by atoms with Crippen LogP contribution in [-0.2, 0) is 6.54 Å². The first kappa shape index (κ1) is 21.7. The fourth-order valence-electron chi connectivity index (χ4n) is 4.29. The van der Waals surface area contributed by atoms with Gasteiger partial charge in [0.1, 0.15) is 11.6 Å². The van der Waals surface area contributed by atoms with E-state index in [0.29, 0.717) is 23.6 Å². The maximum atomic E-state index is 5.52. The van der Waals surface area contributed by atoms with Gasteiger partial charge in [0.25, 0.3) is 0 Å². The van der Waals surface area contributed by atoms with E-state index in [1.165, 1.54) is 32.1 Å². The molecule has 2 aromatic heterocycles. The van der Waals surface area contributed by atoms with Crippen LogP contribution in [0.3, 0.4) is 0 Å². The minimum absolute atomic E-state index is 0.487. The van der Waals surface area contributed by atoms with Gasteiger partial charge in [-0.05, 0) is 68.8 Å². The molecule has 4 heterocycles. The number of hydrogen-bond donors (Lipinski definition) is 2. The summed E-state index contributed by atoms with van der Waals surface area (Å²) in [6, 6.07) is 6.59. The second-order valence-corrected chi connectivity index (χ2v) is 9.19. The summed E-state index contributed by atoms with van der Waals surface area (Å²) in [5, 5.41) is 6.97. The number of nitrogens with one attached hydrogen (secondary N) is 2. The third kappa shape index (κ3) is 5.81. The second kappa shape index (κ2) is 10.2. The smallest absolute Gasteiger partial charge is 0.232 e. The molecule has 166 valence electrons. The molecule has 0 amide bonds. The molecule has 0 spiro atoms. The van der Waals surface area contributed by atoms with E-state index in [-0.39, 0.29) is 0 Å². The highest BCUT2D eigenvalue weighted by Crippen LogP contribution is 2.29. The maximum absolute atomic E-state index is 5.52. The largest absolute Gasteiger partial charge is 0.358 e. The molecule has 0 bridgehead atoms. The SMILES string of the molecule is CC1CCN(c2cc(N3CCCC[C@@H]3C)nc(NC(=S)NCc3cccnc3)n2)CC1. The van der Waals surface area contributed by atoms with E-state index in [1.54, 1.807) is 6.20 Å². The van der Waals surface area contributed by atoms with Crippen LogP contribution in [0.15, 0.2) is 30.6 Å². The highest BCUT2D eigenvalue weighted by molar-refractivity contribution is 7.80. The van der Waals surface area contributed by atoms with Gasteiger partial charge in [-0.15, -0.1) is 0 Å². The van der Waals surface area contributed by atoms with Crippen molar-refractivity contribution in [2.75, 3.05) is 34.8 Å². The Morgan fingerprint density at radius 1 is 1.10 bits per heavy atom. The summed E-state index contributed by atoms with van der Waals surface area (Å²) in [4.78, 5) is 18.6. The number of pyridine rings is 1. The summed E-state index contributed by atoms with van der Waals surface area (Å²) in [5.41, 5.74) is 1.08. The lowest BCUT2D eigenvalue weighted by Gasteiger charge is -2.36. The molecular weight excluding hydrogens is 406 g/mol. The molecule has 2 aliphatic heterocycles. The molecule has 2 aliphatic rings. The van der Waals surface area contributed by atoms with E-state index in [1.807, 2.05) is 18.3 Å². The molecule has 7 nitrogen and oxygen atoms in total. The van der Waals surface area contributed by atoms with Crippen LogP contribution < -0.4 is 20.4 Å². The Labute approximate surface area is 190 Å². The number of nitrogens with zero attached hydrogens (tertiary/aromatic N) is 5. The van der Waals surface area contributed by atoms with E-state index in [0.717, 1.165) is 42.8 Å². The fraction of sp³-hybridized carbons (Fsp3) is 0.565. The molecule has 31 heavy (non-hydrogen) atoms. The van der Waals surface area contributed by atoms with E-state index in [9.17, 15) is 0 Å². The van der Waals surface area contributed by atoms with Crippen LogP contribution >= 0.6 is 12.2 Å². The zero-order chi connectivity index (χ0) is 21.6. The highest BCUT2D eigenvalue weighted by Gasteiger charge is 2.24. The van der Waals surface area contributed by atoms with E-state index < -0.39 is 0 Å². The van der Waals surface area contributed by atoms with Gasteiger partial charge in [0, 0.05) is 50.7 Å². The lowest BCUT2D eigenvalue weighted by molar-refractivity contribution is 0.436. The maximum Gasteiger partial charge on any atom is 0.232 e. The Balaban J connectivity index is 1.51. The van der Waals surface area contributed by atoms with Crippen LogP contribution in [0.25, 0.3) is 0 Å². The van der Waals surface area contributed by atoms with Gasteiger partial charge in [-0.25, -0.2) is 0 Å². The molecule has 4 rings (SSSR count). The third-order valence-corrected chi connectivity index (χ3v) is 6.55. The van der Waals surface area contributed by atoms with Crippen molar-refractivity contribution in [3.8, 4) is 0 Å². The lowest BCUT2D eigenvalue weighted by Crippen LogP contribution is -2.39. The van der Waals surface area contributed by atoms with Gasteiger partial charge >= 0.3 is 0 Å². The standard InChI is InChI=1S/C23H33N7S/c1-17-8-12-29(13-9-17)20-14-21(30-11-4-3-6-18(30)2)27-22(26-20)28-23(31)25-16-19-7-5-10-24-15-19/h5,7,10,14-15,17-18H,3-4,6,8-9,11-13,16H2,1-2H3,(H2,25,26,27,28,31)/t18-/m0/s1. The predicted molar refractivity (Wildman–Crippen MR) is 131 cm³/mol. The molecule has 8 heteroatoms. The minimum atomic E-state index is 0.487. The molecule has 1 atom stereocenters. The second-order valence-electron chi connectivity index (χ2n) is 8.78. The Morgan fingerprint density at radius 2 is 1.90 bits per heavy atom. The van der Waals surface area contributed by atoms with Crippen LogP contribution in [-0.4, -0.2) is 45.7 Å². The van der Waals surface area contributed by atoms with Crippen molar-refractivity contribution in [2.24, 2.45) is 5.92 Å². The molecule has 0 aromatic carbocycles. The Hall–Kier alpha value is -2.48. The molecule has 2 saturated heterocycles. The highest BCUT2D eigenvalue weighted by atomic mass is 32.1. The van der Waals surface area contributed by atoms with Crippen LogP contribution in [0.1, 0.15) is 51.5 Å². The zero-order valence-corrected chi connectivity index (χ0v) is 19.4. The number of thiocarbonyl (C=S) groups is 1. The normalized spacial score (nSPS) is 19.9. The Morgan fingerprint density at radius 3 is 2.65 bits per heavy atom. The van der Waals surface area contributed by atoms with Crippen LogP contribution in [0.2, 0.25) is 0 Å². The minimum Gasteiger partial charge on any atom is -0.358 e. The van der Waals surface area contributed by atoms with Gasteiger partial charge in [0.15, 0.2) is 5.11 Å². The summed E-state index contributed by atoms with van der Waals surface area (Å²) in [6.07, 6.45) is 9.70. The summed E-state index contributed by atoms with van der Waals surface area (Å²) in [5.74, 6) is 3.33. The average Bonchev–Trinajstić information content (AvgIpc) is 2.79. The van der Waals surface area contributed by atoms with Crippen LogP contribution in [0, 0.1) is 5.92 Å². The topological polar surface area (TPSA) is 69.2 Å². The molecule has 0 aliphatic carbocycles. The monoisotopic (exact) mass is 439 g/mol. The number of aromatic nitrogens is 3. The van der Waals surface area contributed by atoms with Gasteiger partial charge in [0.2, 0.25) is 5.95 Å². The van der Waals surface area contributed by atoms with Gasteiger partial charge in [-0.1, -0.05) is 13.0 Å². The third-order valence-electron chi connectivity index (χ3n) is 6.31. The molecule has 0 radical (unpaired) electrons. The Kier molecular flexibility index (Phi) is 7.17. The van der Waals surface area contributed by atoms with Crippen molar-refractivity contribution in [3.05, 3.63) is 36.2 Å². The van der Waals surface area contributed by atoms with E-state index >= 15 is 0 Å². The van der Waals surface area contributed by atoms with Crippen molar-refractivity contribution in [1.82, 2.24) is 20.3 Å². The summed E-state index contributed by atoms with van der Waals surface area (Å²) < 4.78 is 0. The van der Waals surface area contributed by atoms with Crippen molar-refractivity contribution in [1.29, 1.82) is 0 Å². The van der Waals surface area contributed by atoms with E-state index in [2.05, 4.69) is 45.3 Å². The number of rotatable bonds is 5. The number of hydrogen-bond acceptors (Lipinski definition) is 6. The molecule has 2 N–H and O–H groups in total. The lowest BCUT2D eigenvalue weighted by atomic mass is 9.99. The van der Waals surface area contributed by atoms with Crippen molar-refractivity contribution in [3.63, 3.8) is 0 Å². The Bertz CT molecular complexity index is 867. The molecule has 0 saturated carbocycles. The first-order valence-electron chi connectivity index (χ1n) is 11.4. The average molecular weight is 440 g/mol. The van der Waals surface area contributed by atoms with Crippen molar-refractivity contribution >= 4 is 34.9 Å². The fourth-order valence-corrected chi connectivity index (χ4v) is 4.46. The first-order chi connectivity index (χ1) is 15.1. The quantitative estimate of drug-likeness (QED) is 0.678. The summed E-state index contributed by atoms with van der Waals surface area (Å²) >= 11 is 5.52. The molecule has 0 unspecified atom stereocenters. The summed E-state index contributed by atoms with van der Waals surface area (Å²) in [7, 11) is 0. The van der Waals surface area contributed by atoms with Gasteiger partial charge in [0.05, 0.1) is 0 Å². The molecule has 2 aromatic rings. The van der Waals surface area contributed by atoms with Crippen molar-refractivity contribution < 1.29 is 0 Å². The van der Waals surface area contributed by atoms with Crippen LogP contribution in [0.5, 0.6) is 0 Å². The van der Waals surface area contributed by atoms with Crippen LogP contribution in [0.4, 0.5) is 17.6 Å². The number of anilines is 3. The van der Waals surface area contributed by atoms with Gasteiger partial charge in [-0.2, -0.15) is 9.97 Å². The van der Waals surface area contributed by atoms with E-state index in [4.69, 9.17) is 22.2 Å². The first-order valence-corrected chi connectivity index (χ1v) is 11.8.